The number of aryl methyl sites for hydroxylation is 1. The van der Waals surface area contributed by atoms with Gasteiger partial charge in [-0.05, 0) is 24.5 Å². The molecule has 2 rings (SSSR count). The Morgan fingerprint density at radius 1 is 1.41 bits per heavy atom. The summed E-state index contributed by atoms with van der Waals surface area (Å²) in [6.07, 6.45) is 2.18. The lowest BCUT2D eigenvalue weighted by Gasteiger charge is -2.26. The van der Waals surface area contributed by atoms with E-state index in [1.165, 1.54) is 37.6 Å². The Balaban J connectivity index is 1.59. The minimum absolute atomic E-state index is 0.942. The third-order valence-electron chi connectivity index (χ3n) is 2.82. The molecule has 0 bridgehead atoms. The summed E-state index contributed by atoms with van der Waals surface area (Å²) in [5.41, 5.74) is 0. The van der Waals surface area contributed by atoms with Crippen LogP contribution in [0.3, 0.4) is 0 Å². The highest BCUT2D eigenvalue weighted by atomic mass is 32.2. The summed E-state index contributed by atoms with van der Waals surface area (Å²) in [5, 5.41) is 3.38. The van der Waals surface area contributed by atoms with E-state index in [2.05, 4.69) is 26.5 Å². The number of hydrogen-bond donors (Lipinski definition) is 1. The molecule has 4 nitrogen and oxygen atoms in total. The highest BCUT2D eigenvalue weighted by molar-refractivity contribution is 8.00. The summed E-state index contributed by atoms with van der Waals surface area (Å²) in [5.74, 6) is 2.14. The van der Waals surface area contributed by atoms with Crippen molar-refractivity contribution in [3.63, 3.8) is 0 Å². The first-order chi connectivity index (χ1) is 8.38. The first-order valence-electron chi connectivity index (χ1n) is 6.27. The number of thioether (sulfide) groups is 1. The third-order valence-corrected chi connectivity index (χ3v) is 4.78. The molecule has 1 aliphatic heterocycles. The fraction of sp³-hybridized carbons (Fsp3) is 0.818. The van der Waals surface area contributed by atoms with Crippen LogP contribution in [0.25, 0.3) is 0 Å². The molecular weight excluding hydrogens is 252 g/mol. The minimum Gasteiger partial charge on any atom is -0.314 e. The average Bonchev–Trinajstić information content (AvgIpc) is 2.84. The Morgan fingerprint density at radius 3 is 2.94 bits per heavy atom. The molecule has 0 spiro atoms. The molecule has 1 fully saturated rings. The molecule has 0 aliphatic carbocycles. The van der Waals surface area contributed by atoms with E-state index in [4.69, 9.17) is 0 Å². The second-order valence-electron chi connectivity index (χ2n) is 4.12. The van der Waals surface area contributed by atoms with Gasteiger partial charge >= 0.3 is 0 Å². The van der Waals surface area contributed by atoms with E-state index in [1.807, 2.05) is 11.8 Å². The zero-order chi connectivity index (χ0) is 11.9. The molecule has 1 N–H and O–H groups in total. The summed E-state index contributed by atoms with van der Waals surface area (Å²) in [6.45, 7) is 7.99. The second kappa shape index (κ2) is 7.31. The second-order valence-corrected chi connectivity index (χ2v) is 6.22. The summed E-state index contributed by atoms with van der Waals surface area (Å²) in [6, 6.07) is 0. The molecule has 96 valence electrons. The van der Waals surface area contributed by atoms with E-state index in [0.717, 1.165) is 35.4 Å². The maximum atomic E-state index is 4.46. The standard InChI is InChI=1S/C11H20N4S2/c1-2-10-13-11(17-14-10)16-9-3-6-15-7-4-12-5-8-15/h12H,2-9H2,1H3. The van der Waals surface area contributed by atoms with Gasteiger partial charge in [-0.15, -0.1) is 0 Å². The van der Waals surface area contributed by atoms with Crippen molar-refractivity contribution < 1.29 is 0 Å². The maximum absolute atomic E-state index is 4.46. The number of hydrogen-bond acceptors (Lipinski definition) is 6. The van der Waals surface area contributed by atoms with Gasteiger partial charge in [0.25, 0.3) is 0 Å². The van der Waals surface area contributed by atoms with Gasteiger partial charge in [0.2, 0.25) is 0 Å². The lowest BCUT2D eigenvalue weighted by Crippen LogP contribution is -2.43. The van der Waals surface area contributed by atoms with Gasteiger partial charge in [-0.25, -0.2) is 4.98 Å². The Morgan fingerprint density at radius 2 is 2.24 bits per heavy atom. The Kier molecular flexibility index (Phi) is 5.70. The van der Waals surface area contributed by atoms with Crippen molar-refractivity contribution in [2.75, 3.05) is 38.5 Å². The van der Waals surface area contributed by atoms with E-state index in [0.29, 0.717) is 0 Å². The fourth-order valence-electron chi connectivity index (χ4n) is 1.82. The number of rotatable bonds is 6. The number of aromatic nitrogens is 2. The van der Waals surface area contributed by atoms with Crippen LogP contribution in [0.5, 0.6) is 0 Å². The van der Waals surface area contributed by atoms with Crippen LogP contribution in [0.15, 0.2) is 4.34 Å². The fourth-order valence-corrected chi connectivity index (χ4v) is 3.51. The largest absolute Gasteiger partial charge is 0.314 e. The molecule has 17 heavy (non-hydrogen) atoms. The van der Waals surface area contributed by atoms with Crippen molar-refractivity contribution in [3.8, 4) is 0 Å². The van der Waals surface area contributed by atoms with Gasteiger partial charge < -0.3 is 10.2 Å². The Hall–Kier alpha value is -0.170. The summed E-state index contributed by atoms with van der Waals surface area (Å²) in [7, 11) is 0. The van der Waals surface area contributed by atoms with E-state index in [-0.39, 0.29) is 0 Å². The van der Waals surface area contributed by atoms with Gasteiger partial charge in [-0.2, -0.15) is 4.37 Å². The normalized spacial score (nSPS) is 17.5. The van der Waals surface area contributed by atoms with Crippen LogP contribution in [-0.4, -0.2) is 52.7 Å². The minimum atomic E-state index is 0.942. The van der Waals surface area contributed by atoms with E-state index >= 15 is 0 Å². The molecule has 0 atom stereocenters. The number of nitrogens with zero attached hydrogens (tertiary/aromatic N) is 3. The van der Waals surface area contributed by atoms with E-state index < -0.39 is 0 Å². The highest BCUT2D eigenvalue weighted by Crippen LogP contribution is 2.20. The molecule has 1 aromatic rings. The predicted octanol–water partition coefficient (Wildman–Crippen LogP) is 1.49. The van der Waals surface area contributed by atoms with Crippen molar-refractivity contribution in [3.05, 3.63) is 5.82 Å². The van der Waals surface area contributed by atoms with Crippen LogP contribution in [0.2, 0.25) is 0 Å². The van der Waals surface area contributed by atoms with Crippen molar-refractivity contribution in [1.29, 1.82) is 0 Å². The van der Waals surface area contributed by atoms with Gasteiger partial charge in [0.1, 0.15) is 5.82 Å². The molecule has 0 aromatic carbocycles. The molecule has 6 heteroatoms. The van der Waals surface area contributed by atoms with Crippen molar-refractivity contribution in [1.82, 2.24) is 19.6 Å². The SMILES string of the molecule is CCc1nsc(SCCCN2CCNCC2)n1. The first-order valence-corrected chi connectivity index (χ1v) is 8.03. The quantitative estimate of drug-likeness (QED) is 0.627. The topological polar surface area (TPSA) is 41.1 Å². The lowest BCUT2D eigenvalue weighted by molar-refractivity contribution is 0.242. The van der Waals surface area contributed by atoms with Crippen molar-refractivity contribution in [2.45, 2.75) is 24.1 Å². The van der Waals surface area contributed by atoms with Crippen LogP contribution in [0.4, 0.5) is 0 Å². The monoisotopic (exact) mass is 272 g/mol. The molecule has 0 unspecified atom stereocenters. The first kappa shape index (κ1) is 13.3. The molecule has 1 aliphatic rings. The number of nitrogens with one attached hydrogen (secondary N) is 1. The van der Waals surface area contributed by atoms with Crippen LogP contribution < -0.4 is 5.32 Å². The highest BCUT2D eigenvalue weighted by Gasteiger charge is 2.09. The lowest BCUT2D eigenvalue weighted by atomic mass is 10.3. The van der Waals surface area contributed by atoms with E-state index in [9.17, 15) is 0 Å². The van der Waals surface area contributed by atoms with Crippen LogP contribution in [-0.2, 0) is 6.42 Å². The average molecular weight is 272 g/mol. The summed E-state index contributed by atoms with van der Waals surface area (Å²) in [4.78, 5) is 7.00. The molecular formula is C11H20N4S2. The molecule has 2 heterocycles. The van der Waals surface area contributed by atoms with E-state index in [1.54, 1.807) is 0 Å². The summed E-state index contributed by atoms with van der Waals surface area (Å²) >= 11 is 3.39. The summed E-state index contributed by atoms with van der Waals surface area (Å²) < 4.78 is 5.42. The van der Waals surface area contributed by atoms with Gasteiger partial charge in [0, 0.05) is 38.4 Å². The molecule has 1 saturated heterocycles. The predicted molar refractivity (Wildman–Crippen MR) is 73.9 cm³/mol. The van der Waals surface area contributed by atoms with Gasteiger partial charge in [-0.3, -0.25) is 0 Å². The molecule has 0 saturated carbocycles. The number of piperazine rings is 1. The smallest absolute Gasteiger partial charge is 0.170 e. The Bertz CT molecular complexity index is 323. The molecule has 0 radical (unpaired) electrons. The molecule has 1 aromatic heterocycles. The zero-order valence-corrected chi connectivity index (χ0v) is 11.9. The van der Waals surface area contributed by atoms with Crippen LogP contribution in [0.1, 0.15) is 19.2 Å². The van der Waals surface area contributed by atoms with Gasteiger partial charge in [-0.1, -0.05) is 18.7 Å². The van der Waals surface area contributed by atoms with Gasteiger partial charge in [0.05, 0.1) is 0 Å². The van der Waals surface area contributed by atoms with Crippen LogP contribution >= 0.6 is 23.3 Å². The van der Waals surface area contributed by atoms with Crippen molar-refractivity contribution >= 4 is 23.3 Å². The van der Waals surface area contributed by atoms with Crippen molar-refractivity contribution in [2.24, 2.45) is 0 Å². The van der Waals surface area contributed by atoms with Gasteiger partial charge in [0.15, 0.2) is 4.34 Å². The maximum Gasteiger partial charge on any atom is 0.170 e. The Labute approximate surface area is 111 Å². The van der Waals surface area contributed by atoms with Crippen LogP contribution in [0, 0.1) is 0 Å². The third kappa shape index (κ3) is 4.54. The molecule has 0 amide bonds. The zero-order valence-electron chi connectivity index (χ0n) is 10.3.